The zero-order valence-corrected chi connectivity index (χ0v) is 17.4. The quantitative estimate of drug-likeness (QED) is 0.366. The molecule has 0 aliphatic carbocycles. The second-order valence-electron chi connectivity index (χ2n) is 6.05. The third-order valence-electron chi connectivity index (χ3n) is 3.65. The maximum Gasteiger partial charge on any atom is 0.263 e. The number of thiophene rings is 1. The van der Waals surface area contributed by atoms with Crippen molar-refractivity contribution in [1.29, 1.82) is 0 Å². The minimum Gasteiger partial charge on any atom is -0.357 e. The zero-order chi connectivity index (χ0) is 18.9. The summed E-state index contributed by atoms with van der Waals surface area (Å²) < 4.78 is 0. The van der Waals surface area contributed by atoms with Crippen molar-refractivity contribution < 1.29 is 4.79 Å². The molecule has 0 saturated heterocycles. The van der Waals surface area contributed by atoms with Crippen LogP contribution in [0.3, 0.4) is 0 Å². The van der Waals surface area contributed by atoms with Gasteiger partial charge in [0.05, 0.1) is 17.7 Å². The van der Waals surface area contributed by atoms with Crippen molar-refractivity contribution in [2.24, 2.45) is 4.99 Å². The van der Waals surface area contributed by atoms with Crippen molar-refractivity contribution in [2.45, 2.75) is 40.2 Å². The van der Waals surface area contributed by atoms with Crippen LogP contribution in [0.2, 0.25) is 0 Å². The number of thiazole rings is 1. The molecule has 6 nitrogen and oxygen atoms in total. The number of hydrogen-bond donors (Lipinski definition) is 3. The van der Waals surface area contributed by atoms with Crippen molar-refractivity contribution in [1.82, 2.24) is 20.9 Å². The molecular formula is C18H27N5OS2. The number of rotatable bonds is 8. The summed E-state index contributed by atoms with van der Waals surface area (Å²) in [5.41, 5.74) is 2.45. The molecule has 1 amide bonds. The van der Waals surface area contributed by atoms with Crippen LogP contribution in [0.25, 0.3) is 0 Å². The maximum absolute atomic E-state index is 12.1. The largest absolute Gasteiger partial charge is 0.357 e. The fourth-order valence-corrected chi connectivity index (χ4v) is 4.18. The first-order valence-corrected chi connectivity index (χ1v) is 10.5. The number of nitrogens with one attached hydrogen (secondary N) is 3. The highest BCUT2D eigenvalue weighted by Crippen LogP contribution is 2.16. The Balaban J connectivity index is 1.80. The molecule has 0 radical (unpaired) electrons. The highest BCUT2D eigenvalue weighted by Gasteiger charge is 2.11. The van der Waals surface area contributed by atoms with E-state index in [4.69, 9.17) is 0 Å². The standard InChI is InChI=1S/C18H27N5OS2/c1-5-19-18(23-12(2)10-15-7-6-13(3)26-15)21-9-8-20-17(24)16-14(4)22-11-25-16/h6-7,11-12H,5,8-10H2,1-4H3,(H,20,24)(H2,19,21,23). The molecule has 0 aliphatic heterocycles. The van der Waals surface area contributed by atoms with E-state index in [1.165, 1.54) is 21.1 Å². The van der Waals surface area contributed by atoms with Gasteiger partial charge < -0.3 is 16.0 Å². The maximum atomic E-state index is 12.1. The van der Waals surface area contributed by atoms with E-state index < -0.39 is 0 Å². The van der Waals surface area contributed by atoms with E-state index >= 15 is 0 Å². The Labute approximate surface area is 163 Å². The summed E-state index contributed by atoms with van der Waals surface area (Å²) in [6, 6.07) is 4.61. The molecule has 2 rings (SSSR count). The van der Waals surface area contributed by atoms with E-state index in [0.717, 1.165) is 24.6 Å². The van der Waals surface area contributed by atoms with Gasteiger partial charge >= 0.3 is 0 Å². The van der Waals surface area contributed by atoms with Gasteiger partial charge in [-0.1, -0.05) is 0 Å². The van der Waals surface area contributed by atoms with Gasteiger partial charge in [-0.15, -0.1) is 22.7 Å². The van der Waals surface area contributed by atoms with Crippen LogP contribution in [0, 0.1) is 13.8 Å². The monoisotopic (exact) mass is 393 g/mol. The molecular weight excluding hydrogens is 366 g/mol. The molecule has 1 unspecified atom stereocenters. The highest BCUT2D eigenvalue weighted by molar-refractivity contribution is 7.12. The van der Waals surface area contributed by atoms with Crippen LogP contribution in [0.5, 0.6) is 0 Å². The molecule has 1 atom stereocenters. The number of carbonyl (C=O) groups is 1. The summed E-state index contributed by atoms with van der Waals surface area (Å²) in [5, 5.41) is 9.57. The molecule has 0 saturated carbocycles. The van der Waals surface area contributed by atoms with Gasteiger partial charge in [-0.3, -0.25) is 9.79 Å². The highest BCUT2D eigenvalue weighted by atomic mass is 32.1. The molecule has 0 aromatic carbocycles. The molecule has 0 spiro atoms. The third-order valence-corrected chi connectivity index (χ3v) is 5.60. The topological polar surface area (TPSA) is 78.4 Å². The lowest BCUT2D eigenvalue weighted by atomic mass is 10.2. The van der Waals surface area contributed by atoms with Crippen molar-refractivity contribution >= 4 is 34.5 Å². The Kier molecular flexibility index (Phi) is 8.06. The Bertz CT molecular complexity index is 738. The summed E-state index contributed by atoms with van der Waals surface area (Å²) in [4.78, 5) is 24.1. The van der Waals surface area contributed by atoms with Crippen LogP contribution in [0.4, 0.5) is 0 Å². The molecule has 0 fully saturated rings. The molecule has 2 aromatic heterocycles. The second-order valence-corrected chi connectivity index (χ2v) is 8.27. The number of aliphatic imine (C=N–C) groups is 1. The first kappa shape index (κ1) is 20.4. The molecule has 0 bridgehead atoms. The number of guanidine groups is 1. The van der Waals surface area contributed by atoms with Crippen molar-refractivity contribution in [2.75, 3.05) is 19.6 Å². The predicted molar refractivity (Wildman–Crippen MR) is 111 cm³/mol. The summed E-state index contributed by atoms with van der Waals surface area (Å²) in [6.45, 7) is 9.96. The number of carbonyl (C=O) groups excluding carboxylic acids is 1. The molecule has 2 aromatic rings. The van der Waals surface area contributed by atoms with E-state index in [0.29, 0.717) is 18.0 Å². The van der Waals surface area contributed by atoms with E-state index in [9.17, 15) is 4.79 Å². The molecule has 142 valence electrons. The van der Waals surface area contributed by atoms with Gasteiger partial charge in [0.25, 0.3) is 5.91 Å². The molecule has 3 N–H and O–H groups in total. The summed E-state index contributed by atoms with van der Waals surface area (Å²) in [6.07, 6.45) is 0.963. The van der Waals surface area contributed by atoms with Gasteiger partial charge in [-0.2, -0.15) is 0 Å². The fourth-order valence-electron chi connectivity index (χ4n) is 2.44. The third kappa shape index (κ3) is 6.42. The zero-order valence-electron chi connectivity index (χ0n) is 15.8. The van der Waals surface area contributed by atoms with Crippen LogP contribution >= 0.6 is 22.7 Å². The molecule has 2 heterocycles. The lowest BCUT2D eigenvalue weighted by Crippen LogP contribution is -2.43. The minimum absolute atomic E-state index is 0.0837. The minimum atomic E-state index is -0.0837. The lowest BCUT2D eigenvalue weighted by molar-refractivity contribution is 0.0958. The van der Waals surface area contributed by atoms with Crippen molar-refractivity contribution in [3.8, 4) is 0 Å². The van der Waals surface area contributed by atoms with Crippen LogP contribution in [-0.4, -0.2) is 42.5 Å². The summed E-state index contributed by atoms with van der Waals surface area (Å²) in [5.74, 6) is 0.691. The first-order valence-electron chi connectivity index (χ1n) is 8.78. The fraction of sp³-hybridized carbons (Fsp3) is 0.500. The van der Waals surface area contributed by atoms with E-state index in [-0.39, 0.29) is 11.9 Å². The number of amides is 1. The van der Waals surface area contributed by atoms with Gasteiger partial charge in [0, 0.05) is 35.3 Å². The summed E-state index contributed by atoms with van der Waals surface area (Å²) >= 11 is 3.19. The number of nitrogens with zero attached hydrogens (tertiary/aromatic N) is 2. The Morgan fingerprint density at radius 2 is 2.12 bits per heavy atom. The second kappa shape index (κ2) is 10.3. The van der Waals surface area contributed by atoms with Crippen molar-refractivity contribution in [3.05, 3.63) is 38.0 Å². The van der Waals surface area contributed by atoms with Gasteiger partial charge in [0.15, 0.2) is 5.96 Å². The first-order chi connectivity index (χ1) is 12.5. The van der Waals surface area contributed by atoms with E-state index in [1.807, 2.05) is 25.2 Å². The van der Waals surface area contributed by atoms with Gasteiger partial charge in [-0.05, 0) is 39.8 Å². The number of aromatic nitrogens is 1. The van der Waals surface area contributed by atoms with Crippen LogP contribution in [-0.2, 0) is 6.42 Å². The predicted octanol–water partition coefficient (Wildman–Crippen LogP) is 2.74. The lowest BCUT2D eigenvalue weighted by Gasteiger charge is -2.17. The average Bonchev–Trinajstić information content (AvgIpc) is 3.19. The molecule has 0 aliphatic rings. The van der Waals surface area contributed by atoms with Crippen LogP contribution in [0.1, 0.15) is 39.0 Å². The van der Waals surface area contributed by atoms with E-state index in [2.05, 4.69) is 51.9 Å². The van der Waals surface area contributed by atoms with Gasteiger partial charge in [-0.25, -0.2) is 4.98 Å². The Morgan fingerprint density at radius 3 is 2.73 bits per heavy atom. The van der Waals surface area contributed by atoms with Crippen molar-refractivity contribution in [3.63, 3.8) is 0 Å². The summed E-state index contributed by atoms with van der Waals surface area (Å²) in [7, 11) is 0. The average molecular weight is 394 g/mol. The van der Waals surface area contributed by atoms with Gasteiger partial charge in [0.2, 0.25) is 0 Å². The molecule has 8 heteroatoms. The van der Waals surface area contributed by atoms with Crippen LogP contribution in [0.15, 0.2) is 22.6 Å². The smallest absolute Gasteiger partial charge is 0.263 e. The SMILES string of the molecule is CCNC(=NCCNC(=O)c1scnc1C)NC(C)Cc1ccc(C)s1. The Hall–Kier alpha value is -1.93. The Morgan fingerprint density at radius 1 is 1.31 bits per heavy atom. The van der Waals surface area contributed by atoms with E-state index in [1.54, 1.807) is 5.51 Å². The van der Waals surface area contributed by atoms with Crippen LogP contribution < -0.4 is 16.0 Å². The van der Waals surface area contributed by atoms with Gasteiger partial charge in [0.1, 0.15) is 4.88 Å². The number of aryl methyl sites for hydroxylation is 2. The number of hydrogen-bond acceptors (Lipinski definition) is 5. The molecule has 26 heavy (non-hydrogen) atoms. The normalized spacial score (nSPS) is 12.7.